The van der Waals surface area contributed by atoms with E-state index in [1.54, 1.807) is 0 Å². The van der Waals surface area contributed by atoms with Gasteiger partial charge < -0.3 is 9.30 Å². The molecule has 1 aliphatic heterocycles. The van der Waals surface area contributed by atoms with Crippen LogP contribution < -0.4 is 4.74 Å². The Bertz CT molecular complexity index is 2200. The van der Waals surface area contributed by atoms with E-state index in [1.807, 2.05) is 60.7 Å². The van der Waals surface area contributed by atoms with Gasteiger partial charge in [0, 0.05) is 44.8 Å². The molecule has 45 heavy (non-hydrogen) atoms. The molecule has 9 rings (SSSR count). The minimum absolute atomic E-state index is 0.0755. The van der Waals surface area contributed by atoms with E-state index in [2.05, 4.69) is 90.4 Å². The van der Waals surface area contributed by atoms with E-state index >= 15 is 0 Å². The summed E-state index contributed by atoms with van der Waals surface area (Å²) in [5.74, 6) is 2.97. The molecule has 214 valence electrons. The van der Waals surface area contributed by atoms with Crippen LogP contribution in [-0.4, -0.2) is 19.5 Å². The van der Waals surface area contributed by atoms with Gasteiger partial charge in [0.25, 0.3) is 0 Å². The maximum atomic E-state index is 6.83. The van der Waals surface area contributed by atoms with E-state index in [0.29, 0.717) is 17.5 Å². The fourth-order valence-corrected chi connectivity index (χ4v) is 6.99. The molecule has 7 aromatic rings. The van der Waals surface area contributed by atoms with Crippen LogP contribution in [0.25, 0.3) is 56.8 Å². The molecule has 2 aromatic heterocycles. The molecule has 0 saturated carbocycles. The third kappa shape index (κ3) is 4.05. The minimum atomic E-state index is -0.123. The van der Waals surface area contributed by atoms with Gasteiger partial charge in [0.05, 0.1) is 11.2 Å². The number of hydrogen-bond donors (Lipinski definition) is 0. The van der Waals surface area contributed by atoms with Crippen molar-refractivity contribution in [3.63, 3.8) is 0 Å². The fraction of sp³-hybridized carbons (Fsp3) is 0.0750. The van der Waals surface area contributed by atoms with Crippen molar-refractivity contribution in [2.24, 2.45) is 0 Å². The first kappa shape index (κ1) is 25.7. The smallest absolute Gasteiger partial charge is 0.164 e. The van der Waals surface area contributed by atoms with Gasteiger partial charge in [-0.05, 0) is 48.9 Å². The highest BCUT2D eigenvalue weighted by Crippen LogP contribution is 2.54. The molecule has 0 saturated heterocycles. The van der Waals surface area contributed by atoms with E-state index in [4.69, 9.17) is 19.7 Å². The first-order chi connectivity index (χ1) is 22.2. The second kappa shape index (κ2) is 10.1. The van der Waals surface area contributed by atoms with Crippen molar-refractivity contribution < 1.29 is 4.74 Å². The molecule has 0 N–H and O–H groups in total. The normalized spacial score (nSPS) is 16.2. The number of benzene rings is 5. The molecule has 5 aromatic carbocycles. The van der Waals surface area contributed by atoms with Crippen molar-refractivity contribution in [2.75, 3.05) is 0 Å². The largest absolute Gasteiger partial charge is 0.484 e. The summed E-state index contributed by atoms with van der Waals surface area (Å²) in [4.78, 5) is 14.9. The summed E-state index contributed by atoms with van der Waals surface area (Å²) in [5.41, 5.74) is 9.96. The van der Waals surface area contributed by atoms with Crippen LogP contribution >= 0.6 is 0 Å². The Morgan fingerprint density at radius 1 is 0.600 bits per heavy atom. The topological polar surface area (TPSA) is 52.8 Å². The van der Waals surface area contributed by atoms with Crippen LogP contribution in [0, 0.1) is 6.92 Å². The Morgan fingerprint density at radius 3 is 1.89 bits per heavy atom. The predicted molar refractivity (Wildman–Crippen MR) is 179 cm³/mol. The standard InChI is InChI=1S/C40H28N4O/c1-25-29(40-42-38(26-13-5-2-6-14-26)41-39(43-40)27-15-7-3-8-16-27)22-24-34-35(25)31-21-23-33-36(37(31)45-34)30-19-11-12-20-32(30)44(33)28-17-9-4-10-18-28/h2-24,31,37H,1H3. The molecule has 5 heteroatoms. The molecule has 1 aliphatic carbocycles. The molecule has 0 spiro atoms. The highest BCUT2D eigenvalue weighted by molar-refractivity contribution is 5.92. The molecule has 0 bridgehead atoms. The number of nitrogens with zero attached hydrogens (tertiary/aromatic N) is 4. The zero-order valence-corrected chi connectivity index (χ0v) is 24.6. The summed E-state index contributed by atoms with van der Waals surface area (Å²) >= 11 is 0. The number of fused-ring (bicyclic) bond motifs is 7. The van der Waals surface area contributed by atoms with Gasteiger partial charge in [-0.15, -0.1) is 0 Å². The van der Waals surface area contributed by atoms with Gasteiger partial charge >= 0.3 is 0 Å². The lowest BCUT2D eigenvalue weighted by atomic mass is 9.83. The molecule has 2 aliphatic rings. The summed E-state index contributed by atoms with van der Waals surface area (Å²) in [5, 5.41) is 1.22. The van der Waals surface area contributed by atoms with Crippen LogP contribution in [0.3, 0.4) is 0 Å². The fourth-order valence-electron chi connectivity index (χ4n) is 6.99. The Hall–Kier alpha value is -5.81. The summed E-state index contributed by atoms with van der Waals surface area (Å²) in [6.07, 6.45) is 4.46. The lowest BCUT2D eigenvalue weighted by Crippen LogP contribution is -2.14. The molecule has 2 unspecified atom stereocenters. The van der Waals surface area contributed by atoms with Gasteiger partial charge in [-0.3, -0.25) is 0 Å². The van der Waals surface area contributed by atoms with E-state index in [9.17, 15) is 0 Å². The van der Waals surface area contributed by atoms with Crippen LogP contribution in [0.5, 0.6) is 5.75 Å². The van der Waals surface area contributed by atoms with Gasteiger partial charge in [-0.25, -0.2) is 15.0 Å². The Kier molecular flexibility index (Phi) is 5.78. The number of rotatable bonds is 4. The van der Waals surface area contributed by atoms with E-state index in [0.717, 1.165) is 33.7 Å². The van der Waals surface area contributed by atoms with E-state index in [-0.39, 0.29) is 12.0 Å². The average molecular weight is 581 g/mol. The molecule has 0 radical (unpaired) electrons. The molecular formula is C40H28N4O. The quantitative estimate of drug-likeness (QED) is 0.208. The van der Waals surface area contributed by atoms with Crippen LogP contribution in [0.15, 0.2) is 133 Å². The van der Waals surface area contributed by atoms with Gasteiger partial charge in [-0.1, -0.05) is 103 Å². The van der Waals surface area contributed by atoms with Crippen LogP contribution in [0.2, 0.25) is 0 Å². The van der Waals surface area contributed by atoms with Crippen molar-refractivity contribution in [1.82, 2.24) is 19.5 Å². The summed E-state index contributed by atoms with van der Waals surface area (Å²) in [6, 6.07) is 43.6. The van der Waals surface area contributed by atoms with Crippen LogP contribution in [0.1, 0.15) is 34.4 Å². The second-order valence-corrected chi connectivity index (χ2v) is 11.6. The molecule has 0 amide bonds. The lowest BCUT2D eigenvalue weighted by Gasteiger charge is -2.22. The zero-order valence-electron chi connectivity index (χ0n) is 24.6. The van der Waals surface area contributed by atoms with Gasteiger partial charge in [-0.2, -0.15) is 0 Å². The first-order valence-electron chi connectivity index (χ1n) is 15.3. The molecular weight excluding hydrogens is 552 g/mol. The third-order valence-electron chi connectivity index (χ3n) is 9.04. The number of ether oxygens (including phenoxy) is 1. The van der Waals surface area contributed by atoms with Crippen molar-refractivity contribution >= 4 is 17.0 Å². The average Bonchev–Trinajstić information content (AvgIpc) is 3.66. The summed E-state index contributed by atoms with van der Waals surface area (Å²) in [7, 11) is 0. The van der Waals surface area contributed by atoms with Crippen molar-refractivity contribution in [1.29, 1.82) is 0 Å². The van der Waals surface area contributed by atoms with Crippen molar-refractivity contribution in [3.05, 3.63) is 156 Å². The van der Waals surface area contributed by atoms with Gasteiger partial charge in [0.15, 0.2) is 17.5 Å². The van der Waals surface area contributed by atoms with Crippen molar-refractivity contribution in [3.8, 4) is 45.6 Å². The number of aromatic nitrogens is 4. The van der Waals surface area contributed by atoms with Crippen LogP contribution in [0.4, 0.5) is 0 Å². The van der Waals surface area contributed by atoms with Gasteiger partial charge in [0.2, 0.25) is 0 Å². The highest BCUT2D eigenvalue weighted by atomic mass is 16.5. The second-order valence-electron chi connectivity index (χ2n) is 11.6. The van der Waals surface area contributed by atoms with E-state index < -0.39 is 0 Å². The van der Waals surface area contributed by atoms with E-state index in [1.165, 1.54) is 27.7 Å². The maximum absolute atomic E-state index is 6.83. The molecule has 3 heterocycles. The Labute approximate surface area is 261 Å². The highest BCUT2D eigenvalue weighted by Gasteiger charge is 2.41. The molecule has 2 atom stereocenters. The monoisotopic (exact) mass is 580 g/mol. The van der Waals surface area contributed by atoms with Gasteiger partial charge in [0.1, 0.15) is 11.9 Å². The summed E-state index contributed by atoms with van der Waals surface area (Å²) in [6.45, 7) is 2.17. The first-order valence-corrected chi connectivity index (χ1v) is 15.3. The Balaban J connectivity index is 1.19. The molecule has 5 nitrogen and oxygen atoms in total. The molecule has 0 fully saturated rings. The SMILES string of the molecule is Cc1c(-c2nc(-c3ccccc3)nc(-c3ccccc3)n2)ccc2c1C1C=Cc3c(c4ccccc4n3-c3ccccc3)C1O2. The summed E-state index contributed by atoms with van der Waals surface area (Å²) < 4.78 is 9.18. The third-order valence-corrected chi connectivity index (χ3v) is 9.04. The maximum Gasteiger partial charge on any atom is 0.164 e. The number of para-hydroxylation sites is 2. The Morgan fingerprint density at radius 2 is 1.20 bits per heavy atom. The number of hydrogen-bond acceptors (Lipinski definition) is 4. The van der Waals surface area contributed by atoms with Crippen LogP contribution in [-0.2, 0) is 0 Å². The van der Waals surface area contributed by atoms with Crippen molar-refractivity contribution in [2.45, 2.75) is 18.9 Å². The zero-order chi connectivity index (χ0) is 29.9. The predicted octanol–water partition coefficient (Wildman–Crippen LogP) is 9.37. The lowest BCUT2D eigenvalue weighted by molar-refractivity contribution is 0.224. The minimum Gasteiger partial charge on any atom is -0.484 e.